The van der Waals surface area contributed by atoms with Crippen LogP contribution in [-0.4, -0.2) is 4.98 Å². The molecule has 0 saturated carbocycles. The average Bonchev–Trinajstić information content (AvgIpc) is 2.65. The number of benzene rings is 1. The van der Waals surface area contributed by atoms with Gasteiger partial charge in [-0.2, -0.15) is 0 Å². The predicted octanol–water partition coefficient (Wildman–Crippen LogP) is 3.14. The van der Waals surface area contributed by atoms with Crippen LogP contribution in [0.1, 0.15) is 5.56 Å². The Morgan fingerprint density at radius 2 is 2.06 bits per heavy atom. The lowest BCUT2D eigenvalue weighted by Gasteiger charge is -2.04. The molecule has 0 spiro atoms. The van der Waals surface area contributed by atoms with Gasteiger partial charge in [-0.3, -0.25) is 0 Å². The summed E-state index contributed by atoms with van der Waals surface area (Å²) in [6.07, 6.45) is 0. The summed E-state index contributed by atoms with van der Waals surface area (Å²) in [6, 6.07) is 2.24. The van der Waals surface area contributed by atoms with Crippen molar-refractivity contribution in [2.45, 2.75) is 6.67 Å². The third-order valence-corrected chi connectivity index (χ3v) is 2.79. The summed E-state index contributed by atoms with van der Waals surface area (Å²) in [5, 5.41) is 1.81. The summed E-state index contributed by atoms with van der Waals surface area (Å²) in [7, 11) is 0. The van der Waals surface area contributed by atoms with Crippen LogP contribution in [0, 0.1) is 11.6 Å². The Morgan fingerprint density at radius 3 is 2.62 bits per heavy atom. The van der Waals surface area contributed by atoms with E-state index in [2.05, 4.69) is 4.98 Å². The lowest BCUT2D eigenvalue weighted by molar-refractivity contribution is 0.441. The van der Waals surface area contributed by atoms with Crippen molar-refractivity contribution in [3.05, 3.63) is 34.7 Å². The Balaban J connectivity index is 2.58. The molecule has 2 aromatic rings. The zero-order valence-electron chi connectivity index (χ0n) is 8.01. The Morgan fingerprint density at radius 1 is 1.31 bits per heavy atom. The summed E-state index contributed by atoms with van der Waals surface area (Å²) in [5.41, 5.74) is 5.17. The summed E-state index contributed by atoms with van der Waals surface area (Å²) < 4.78 is 39.1. The van der Waals surface area contributed by atoms with E-state index in [0.29, 0.717) is 0 Å². The first-order valence-corrected chi connectivity index (χ1v) is 5.25. The SMILES string of the molecule is Nc1nc(-c2ccc(F)c(CF)c2F)cs1. The fourth-order valence-electron chi connectivity index (χ4n) is 1.33. The van der Waals surface area contributed by atoms with Gasteiger partial charge in [-0.1, -0.05) is 0 Å². The van der Waals surface area contributed by atoms with Crippen molar-refractivity contribution < 1.29 is 13.2 Å². The maximum absolute atomic E-state index is 13.7. The van der Waals surface area contributed by atoms with Crippen LogP contribution in [0.3, 0.4) is 0 Å². The number of rotatable bonds is 2. The summed E-state index contributed by atoms with van der Waals surface area (Å²) >= 11 is 1.14. The Labute approximate surface area is 93.5 Å². The second-order valence-electron chi connectivity index (χ2n) is 3.09. The van der Waals surface area contributed by atoms with Crippen LogP contribution >= 0.6 is 11.3 Å². The molecule has 0 atom stereocenters. The normalized spacial score (nSPS) is 10.7. The molecule has 0 radical (unpaired) electrons. The van der Waals surface area contributed by atoms with Gasteiger partial charge in [0.15, 0.2) is 5.13 Å². The molecule has 0 aliphatic rings. The third kappa shape index (κ3) is 1.76. The smallest absolute Gasteiger partial charge is 0.180 e. The van der Waals surface area contributed by atoms with Crippen molar-refractivity contribution in [1.29, 1.82) is 0 Å². The van der Waals surface area contributed by atoms with Gasteiger partial charge in [0.2, 0.25) is 0 Å². The number of hydrogen-bond acceptors (Lipinski definition) is 3. The Bertz CT molecular complexity index is 525. The van der Waals surface area contributed by atoms with Crippen molar-refractivity contribution in [3.8, 4) is 11.3 Å². The monoisotopic (exact) mass is 244 g/mol. The number of hydrogen-bond donors (Lipinski definition) is 1. The van der Waals surface area contributed by atoms with E-state index in [1.165, 1.54) is 11.4 Å². The molecule has 1 aromatic carbocycles. The summed E-state index contributed by atoms with van der Waals surface area (Å²) in [6.45, 7) is -1.19. The van der Waals surface area contributed by atoms with Crippen molar-refractivity contribution in [2.24, 2.45) is 0 Å². The van der Waals surface area contributed by atoms with Crippen LogP contribution < -0.4 is 5.73 Å². The number of thiazole rings is 1. The number of halogens is 3. The lowest BCUT2D eigenvalue weighted by atomic mass is 10.1. The van der Waals surface area contributed by atoms with Crippen LogP contribution in [0.2, 0.25) is 0 Å². The lowest BCUT2D eigenvalue weighted by Crippen LogP contribution is -1.96. The topological polar surface area (TPSA) is 38.9 Å². The zero-order chi connectivity index (χ0) is 11.7. The fraction of sp³-hybridized carbons (Fsp3) is 0.100. The van der Waals surface area contributed by atoms with Crippen LogP contribution in [0.4, 0.5) is 18.3 Å². The number of nitrogens with two attached hydrogens (primary N) is 1. The number of aromatic nitrogens is 1. The Kier molecular flexibility index (Phi) is 2.82. The molecular formula is C10H7F3N2S. The van der Waals surface area contributed by atoms with E-state index in [1.807, 2.05) is 0 Å². The van der Waals surface area contributed by atoms with Gasteiger partial charge < -0.3 is 5.73 Å². The minimum Gasteiger partial charge on any atom is -0.375 e. The van der Waals surface area contributed by atoms with Crippen molar-refractivity contribution in [2.75, 3.05) is 5.73 Å². The highest BCUT2D eigenvalue weighted by Gasteiger charge is 2.16. The number of nitrogen functional groups attached to an aromatic ring is 1. The highest BCUT2D eigenvalue weighted by atomic mass is 32.1. The molecule has 6 heteroatoms. The quantitative estimate of drug-likeness (QED) is 0.881. The van der Waals surface area contributed by atoms with Crippen molar-refractivity contribution >= 4 is 16.5 Å². The maximum atomic E-state index is 13.7. The molecule has 0 saturated heterocycles. The van der Waals surface area contributed by atoms with Crippen LogP contribution in [-0.2, 0) is 6.67 Å². The van der Waals surface area contributed by atoms with E-state index in [-0.39, 0.29) is 16.4 Å². The maximum Gasteiger partial charge on any atom is 0.180 e. The molecule has 16 heavy (non-hydrogen) atoms. The molecule has 0 unspecified atom stereocenters. The average molecular weight is 244 g/mol. The minimum absolute atomic E-state index is 0.0574. The molecule has 1 aromatic heterocycles. The molecule has 84 valence electrons. The second-order valence-corrected chi connectivity index (χ2v) is 3.98. The van der Waals surface area contributed by atoms with Crippen molar-refractivity contribution in [3.63, 3.8) is 0 Å². The molecule has 1 heterocycles. The van der Waals surface area contributed by atoms with E-state index < -0.39 is 23.9 Å². The molecule has 0 aliphatic heterocycles. The third-order valence-electron chi connectivity index (χ3n) is 2.12. The van der Waals surface area contributed by atoms with E-state index in [4.69, 9.17) is 5.73 Å². The van der Waals surface area contributed by atoms with Gasteiger partial charge >= 0.3 is 0 Å². The molecular weight excluding hydrogens is 237 g/mol. The molecule has 0 bridgehead atoms. The number of anilines is 1. The van der Waals surface area contributed by atoms with E-state index in [0.717, 1.165) is 17.4 Å². The highest BCUT2D eigenvalue weighted by molar-refractivity contribution is 7.13. The van der Waals surface area contributed by atoms with Gasteiger partial charge in [0.25, 0.3) is 0 Å². The highest BCUT2D eigenvalue weighted by Crippen LogP contribution is 2.28. The number of nitrogens with zero attached hydrogens (tertiary/aromatic N) is 1. The van der Waals surface area contributed by atoms with Gasteiger partial charge in [-0.15, -0.1) is 11.3 Å². The number of alkyl halides is 1. The van der Waals surface area contributed by atoms with Crippen molar-refractivity contribution in [1.82, 2.24) is 4.98 Å². The fourth-order valence-corrected chi connectivity index (χ4v) is 1.89. The first kappa shape index (κ1) is 10.9. The molecule has 2 N–H and O–H groups in total. The van der Waals surface area contributed by atoms with Crippen LogP contribution in [0.25, 0.3) is 11.3 Å². The molecule has 0 amide bonds. The molecule has 2 rings (SSSR count). The van der Waals surface area contributed by atoms with Gasteiger partial charge in [-0.05, 0) is 12.1 Å². The second kappa shape index (κ2) is 4.13. The van der Waals surface area contributed by atoms with Crippen LogP contribution in [0.5, 0.6) is 0 Å². The largest absolute Gasteiger partial charge is 0.375 e. The summed E-state index contributed by atoms with van der Waals surface area (Å²) in [5.74, 6) is -1.82. The molecule has 0 aliphatic carbocycles. The van der Waals surface area contributed by atoms with E-state index in [9.17, 15) is 13.2 Å². The molecule has 2 nitrogen and oxygen atoms in total. The van der Waals surface area contributed by atoms with Crippen LogP contribution in [0.15, 0.2) is 17.5 Å². The first-order valence-electron chi connectivity index (χ1n) is 4.37. The van der Waals surface area contributed by atoms with Gasteiger partial charge in [0, 0.05) is 10.9 Å². The zero-order valence-corrected chi connectivity index (χ0v) is 8.82. The minimum atomic E-state index is -1.19. The summed E-state index contributed by atoms with van der Waals surface area (Å²) in [4.78, 5) is 3.86. The Hall–Kier alpha value is -1.56. The van der Waals surface area contributed by atoms with Gasteiger partial charge in [-0.25, -0.2) is 18.2 Å². The first-order chi connectivity index (χ1) is 7.63. The van der Waals surface area contributed by atoms with E-state index >= 15 is 0 Å². The predicted molar refractivity (Wildman–Crippen MR) is 56.7 cm³/mol. The van der Waals surface area contributed by atoms with E-state index in [1.54, 1.807) is 0 Å². The standard InChI is InChI=1S/C10H7F3N2S/c11-3-6-7(12)2-1-5(9(6)13)8-4-16-10(14)15-8/h1-2,4H,3H2,(H2,14,15). The van der Waals surface area contributed by atoms with Gasteiger partial charge in [0.05, 0.1) is 11.3 Å². The van der Waals surface area contributed by atoms with Gasteiger partial charge in [0.1, 0.15) is 18.3 Å². The molecule has 0 fully saturated rings.